The van der Waals surface area contributed by atoms with Crippen molar-refractivity contribution in [1.82, 2.24) is 25.3 Å². The second-order valence-electron chi connectivity index (χ2n) is 5.70. The molecule has 4 rings (SSSR count). The minimum absolute atomic E-state index is 0.108. The molecule has 0 fully saturated rings. The summed E-state index contributed by atoms with van der Waals surface area (Å²) >= 11 is 0. The van der Waals surface area contributed by atoms with Gasteiger partial charge in [-0.05, 0) is 18.1 Å². The first kappa shape index (κ1) is 14.5. The lowest BCUT2D eigenvalue weighted by Gasteiger charge is -2.17. The molecule has 0 saturated heterocycles. The number of aromatic nitrogens is 4. The Balaban J connectivity index is 1.72. The third-order valence-electron chi connectivity index (χ3n) is 4.25. The van der Waals surface area contributed by atoms with Gasteiger partial charge in [0.2, 0.25) is 0 Å². The van der Waals surface area contributed by atoms with Gasteiger partial charge in [-0.1, -0.05) is 18.2 Å². The number of fused-ring (bicyclic) bond motifs is 1. The molecule has 7 nitrogen and oxygen atoms in total. The fourth-order valence-electron chi connectivity index (χ4n) is 3.09. The maximum absolute atomic E-state index is 12.4. The Labute approximate surface area is 138 Å². The number of methoxy groups -OCH3 is 1. The summed E-state index contributed by atoms with van der Waals surface area (Å²) < 4.78 is 5.46. The van der Waals surface area contributed by atoms with Crippen LogP contribution in [0.4, 0.5) is 0 Å². The van der Waals surface area contributed by atoms with Gasteiger partial charge in [0.15, 0.2) is 11.6 Å². The van der Waals surface area contributed by atoms with E-state index in [0.717, 1.165) is 17.0 Å². The molecule has 0 radical (unpaired) electrons. The van der Waals surface area contributed by atoms with Crippen molar-refractivity contribution in [1.29, 1.82) is 0 Å². The molecule has 1 aliphatic heterocycles. The molecule has 2 aromatic heterocycles. The number of para-hydroxylation sites is 1. The Morgan fingerprint density at radius 2 is 2.12 bits per heavy atom. The van der Waals surface area contributed by atoms with Gasteiger partial charge < -0.3 is 20.0 Å². The normalized spacial score (nSPS) is 17.0. The van der Waals surface area contributed by atoms with Gasteiger partial charge in [-0.15, -0.1) is 0 Å². The van der Waals surface area contributed by atoms with Gasteiger partial charge in [0.05, 0.1) is 7.11 Å². The number of benzene rings is 1. The fraction of sp³-hybridized carbons (Fsp3) is 0.235. The van der Waals surface area contributed by atoms with E-state index in [-0.39, 0.29) is 11.8 Å². The van der Waals surface area contributed by atoms with Crippen molar-refractivity contribution in [3.8, 4) is 17.4 Å². The quantitative estimate of drug-likeness (QED) is 0.686. The van der Waals surface area contributed by atoms with E-state index in [0.29, 0.717) is 30.3 Å². The summed E-state index contributed by atoms with van der Waals surface area (Å²) in [5, 5.41) is 2.95. The molecule has 122 valence electrons. The zero-order valence-corrected chi connectivity index (χ0v) is 13.2. The van der Waals surface area contributed by atoms with E-state index in [2.05, 4.69) is 25.3 Å². The average molecular weight is 323 g/mol. The molecule has 3 heterocycles. The number of amides is 1. The molecule has 24 heavy (non-hydrogen) atoms. The van der Waals surface area contributed by atoms with Gasteiger partial charge in [-0.25, -0.2) is 9.97 Å². The van der Waals surface area contributed by atoms with Crippen LogP contribution in [-0.4, -0.2) is 39.5 Å². The van der Waals surface area contributed by atoms with Crippen molar-refractivity contribution in [3.63, 3.8) is 0 Å². The second-order valence-corrected chi connectivity index (χ2v) is 5.70. The Kier molecular flexibility index (Phi) is 3.53. The molecule has 0 aliphatic carbocycles. The maximum Gasteiger partial charge on any atom is 0.271 e. The van der Waals surface area contributed by atoms with Gasteiger partial charge in [-0.2, -0.15) is 0 Å². The molecule has 7 heteroatoms. The number of aromatic amines is 2. The van der Waals surface area contributed by atoms with E-state index in [1.807, 2.05) is 24.3 Å². The smallest absolute Gasteiger partial charge is 0.271 e. The van der Waals surface area contributed by atoms with Crippen LogP contribution in [-0.2, 0) is 6.42 Å². The number of H-pyrrole nitrogens is 2. The Morgan fingerprint density at radius 1 is 1.25 bits per heavy atom. The van der Waals surface area contributed by atoms with Crippen molar-refractivity contribution in [3.05, 3.63) is 53.6 Å². The zero-order valence-electron chi connectivity index (χ0n) is 13.2. The van der Waals surface area contributed by atoms with Crippen molar-refractivity contribution in [2.45, 2.75) is 12.3 Å². The summed E-state index contributed by atoms with van der Waals surface area (Å²) in [4.78, 5) is 27.2. The van der Waals surface area contributed by atoms with E-state index in [4.69, 9.17) is 4.74 Å². The third kappa shape index (κ3) is 2.44. The van der Waals surface area contributed by atoms with Gasteiger partial charge in [0.25, 0.3) is 5.91 Å². The molecule has 0 saturated carbocycles. The summed E-state index contributed by atoms with van der Waals surface area (Å²) in [6.45, 7) is 0.541. The Morgan fingerprint density at radius 3 is 2.92 bits per heavy atom. The van der Waals surface area contributed by atoms with Crippen LogP contribution in [0.3, 0.4) is 0 Å². The fourth-order valence-corrected chi connectivity index (χ4v) is 3.09. The van der Waals surface area contributed by atoms with Crippen LogP contribution in [0.25, 0.3) is 11.6 Å². The molecular formula is C17H17N5O2. The first-order valence-electron chi connectivity index (χ1n) is 7.76. The summed E-state index contributed by atoms with van der Waals surface area (Å²) in [6, 6.07) is 7.88. The molecule has 0 bridgehead atoms. The van der Waals surface area contributed by atoms with Crippen molar-refractivity contribution in [2.75, 3.05) is 13.7 Å². The first-order chi connectivity index (χ1) is 11.8. The zero-order chi connectivity index (χ0) is 16.5. The van der Waals surface area contributed by atoms with Gasteiger partial charge in [0.1, 0.15) is 11.4 Å². The Bertz CT molecular complexity index is 869. The van der Waals surface area contributed by atoms with Crippen LogP contribution >= 0.6 is 0 Å². The largest absolute Gasteiger partial charge is 0.496 e. The highest BCUT2D eigenvalue weighted by molar-refractivity contribution is 5.94. The maximum atomic E-state index is 12.4. The molecule has 1 unspecified atom stereocenters. The number of rotatable bonds is 3. The minimum atomic E-state index is -0.170. The average Bonchev–Trinajstić information content (AvgIpc) is 3.25. The van der Waals surface area contributed by atoms with Gasteiger partial charge >= 0.3 is 0 Å². The van der Waals surface area contributed by atoms with Crippen LogP contribution in [0.2, 0.25) is 0 Å². The monoisotopic (exact) mass is 323 g/mol. The molecule has 1 aromatic carbocycles. The molecule has 3 N–H and O–H groups in total. The van der Waals surface area contributed by atoms with Crippen LogP contribution in [0.5, 0.6) is 5.75 Å². The number of nitrogens with one attached hydrogen (secondary N) is 3. The highest BCUT2D eigenvalue weighted by atomic mass is 16.5. The molecule has 0 spiro atoms. The SMILES string of the molecule is COc1ccccc1C1CNC(=O)c2nc(-c3ncc[nH]3)[nH]c2C1. The van der Waals surface area contributed by atoms with Crippen molar-refractivity contribution in [2.24, 2.45) is 0 Å². The summed E-state index contributed by atoms with van der Waals surface area (Å²) in [7, 11) is 1.66. The van der Waals surface area contributed by atoms with E-state index in [9.17, 15) is 4.79 Å². The molecular weight excluding hydrogens is 306 g/mol. The third-order valence-corrected chi connectivity index (χ3v) is 4.25. The van der Waals surface area contributed by atoms with Crippen LogP contribution in [0.15, 0.2) is 36.7 Å². The lowest BCUT2D eigenvalue weighted by atomic mass is 9.93. The van der Waals surface area contributed by atoms with E-state index >= 15 is 0 Å². The van der Waals surface area contributed by atoms with E-state index < -0.39 is 0 Å². The Hall–Kier alpha value is -3.09. The topological polar surface area (TPSA) is 95.7 Å². The standard InChI is InChI=1S/C17H17N5O2/c1-24-13-5-3-2-4-11(13)10-8-12-14(17(23)20-9-10)22-16(21-12)15-18-6-7-19-15/h2-7,10H,8-9H2,1H3,(H,18,19)(H,20,23)(H,21,22). The number of hydrogen-bond donors (Lipinski definition) is 3. The highest BCUT2D eigenvalue weighted by Crippen LogP contribution is 2.31. The molecule has 1 aliphatic rings. The molecule has 1 atom stereocenters. The molecule has 3 aromatic rings. The number of carbonyl (C=O) groups excluding carboxylic acids is 1. The van der Waals surface area contributed by atoms with Gasteiger partial charge in [0, 0.05) is 30.6 Å². The van der Waals surface area contributed by atoms with Crippen LogP contribution in [0, 0.1) is 0 Å². The van der Waals surface area contributed by atoms with E-state index in [1.165, 1.54) is 0 Å². The predicted molar refractivity (Wildman–Crippen MR) is 87.9 cm³/mol. The summed E-state index contributed by atoms with van der Waals surface area (Å²) in [5.41, 5.74) is 2.31. The lowest BCUT2D eigenvalue weighted by Crippen LogP contribution is -2.26. The lowest BCUT2D eigenvalue weighted by molar-refractivity contribution is 0.0950. The van der Waals surface area contributed by atoms with Crippen LogP contribution in [0.1, 0.15) is 27.7 Å². The van der Waals surface area contributed by atoms with E-state index in [1.54, 1.807) is 19.5 Å². The van der Waals surface area contributed by atoms with Crippen LogP contribution < -0.4 is 10.1 Å². The van der Waals surface area contributed by atoms with Gasteiger partial charge in [-0.3, -0.25) is 4.79 Å². The number of hydrogen-bond acceptors (Lipinski definition) is 4. The van der Waals surface area contributed by atoms with Crippen molar-refractivity contribution < 1.29 is 9.53 Å². The predicted octanol–water partition coefficient (Wildman–Crippen LogP) is 1.88. The minimum Gasteiger partial charge on any atom is -0.496 e. The highest BCUT2D eigenvalue weighted by Gasteiger charge is 2.28. The number of nitrogens with zero attached hydrogens (tertiary/aromatic N) is 2. The summed E-state index contributed by atoms with van der Waals surface area (Å²) in [5.74, 6) is 1.95. The number of ether oxygens (including phenoxy) is 1. The second kappa shape index (κ2) is 5.84. The summed E-state index contributed by atoms with van der Waals surface area (Å²) in [6.07, 6.45) is 4.05. The first-order valence-corrected chi connectivity index (χ1v) is 7.76. The number of imidazole rings is 2. The number of carbonyl (C=O) groups is 1. The molecule has 1 amide bonds. The van der Waals surface area contributed by atoms with Crippen molar-refractivity contribution >= 4 is 5.91 Å².